The van der Waals surface area contributed by atoms with Crippen LogP contribution in [0.15, 0.2) is 0 Å². The number of hydrogen-bond donors (Lipinski definition) is 1. The Labute approximate surface area is 83.5 Å². The fourth-order valence-electron chi connectivity index (χ4n) is 0. The van der Waals surface area contributed by atoms with Gasteiger partial charge in [-0.1, -0.05) is 0 Å². The van der Waals surface area contributed by atoms with Crippen LogP contribution in [-0.4, -0.2) is 60.8 Å². The monoisotopic (exact) mass is 228 g/mol. The van der Waals surface area contributed by atoms with Crippen molar-refractivity contribution in [1.82, 2.24) is 0 Å². The van der Waals surface area contributed by atoms with E-state index in [1.165, 1.54) is 0 Å². The molecule has 0 aliphatic carbocycles. The summed E-state index contributed by atoms with van der Waals surface area (Å²) in [4.78, 5) is 24.3. The van der Waals surface area contributed by atoms with Gasteiger partial charge in [0.25, 0.3) is 0 Å². The van der Waals surface area contributed by atoms with Crippen molar-refractivity contribution in [2.45, 2.75) is 0 Å². The molecule has 0 aromatic carbocycles. The second-order valence-corrected chi connectivity index (χ2v) is 1.41. The summed E-state index contributed by atoms with van der Waals surface area (Å²) in [7, 11) is -5.14. The Morgan fingerprint density at radius 1 is 0.833 bits per heavy atom. The zero-order chi connectivity index (χ0) is 4.50. The van der Waals surface area contributed by atoms with E-state index in [1.54, 1.807) is 0 Å². The summed E-state index contributed by atoms with van der Waals surface area (Å²) in [5, 5.41) is 0. The molecule has 0 saturated heterocycles. The van der Waals surface area contributed by atoms with E-state index in [9.17, 15) is 0 Å². The standard InChI is InChI=1S/Mg.H3O4P.6H2O/c;1-5(2,3)4;;;;;;/h;(H3,1,2,3,4);6*1H2/q+2;;;;;;;/p-2. The van der Waals surface area contributed by atoms with Crippen molar-refractivity contribution in [2.75, 3.05) is 0 Å². The SMILES string of the molecule is O.O.O.O.O.O.O=P([O-])([O-])O.[Mg+2]. The number of phosphoric acid groups is 1. The first-order chi connectivity index (χ1) is 2.00. The third-order valence-electron chi connectivity index (χ3n) is 0. The molecule has 12 heteroatoms. The number of hydrogen-bond acceptors (Lipinski definition) is 3. The van der Waals surface area contributed by atoms with Crippen LogP contribution in [-0.2, 0) is 4.57 Å². The van der Waals surface area contributed by atoms with Crippen LogP contribution < -0.4 is 9.79 Å². The minimum absolute atomic E-state index is 0. The predicted octanol–water partition coefficient (Wildman–Crippen LogP) is -7.52. The summed E-state index contributed by atoms with van der Waals surface area (Å²) in [6.45, 7) is 0. The summed E-state index contributed by atoms with van der Waals surface area (Å²) in [5.74, 6) is 0. The zero-order valence-electron chi connectivity index (χ0n) is 5.83. The van der Waals surface area contributed by atoms with Crippen molar-refractivity contribution in [3.63, 3.8) is 0 Å². The molecule has 10 nitrogen and oxygen atoms in total. The van der Waals surface area contributed by atoms with Crippen molar-refractivity contribution in [2.24, 2.45) is 0 Å². The van der Waals surface area contributed by atoms with Gasteiger partial charge in [0.1, 0.15) is 0 Å². The van der Waals surface area contributed by atoms with Gasteiger partial charge in [0.05, 0.1) is 7.82 Å². The summed E-state index contributed by atoms with van der Waals surface area (Å²) in [6.07, 6.45) is 0. The molecule has 0 aliphatic rings. The largest absolute Gasteiger partial charge is 2.00 e. The van der Waals surface area contributed by atoms with Crippen molar-refractivity contribution < 1.29 is 52.1 Å². The summed E-state index contributed by atoms with van der Waals surface area (Å²) >= 11 is 0. The maximum Gasteiger partial charge on any atom is 2.00 e. The second-order valence-electron chi connectivity index (χ2n) is 0.469. The van der Waals surface area contributed by atoms with Gasteiger partial charge in [-0.2, -0.15) is 0 Å². The quantitative estimate of drug-likeness (QED) is 0.312. The van der Waals surface area contributed by atoms with Crippen LogP contribution in [0, 0.1) is 0 Å². The van der Waals surface area contributed by atoms with Gasteiger partial charge < -0.3 is 52.1 Å². The first kappa shape index (κ1) is 79.6. The van der Waals surface area contributed by atoms with Gasteiger partial charge in [-0.15, -0.1) is 0 Å². The Morgan fingerprint density at radius 2 is 0.833 bits per heavy atom. The molecule has 0 amide bonds. The summed E-state index contributed by atoms with van der Waals surface area (Å²) in [6, 6.07) is 0. The Kier molecular flexibility index (Phi) is 198. The van der Waals surface area contributed by atoms with E-state index in [0.717, 1.165) is 0 Å². The average molecular weight is 228 g/mol. The smallest absolute Gasteiger partial charge is 0.790 e. The van der Waals surface area contributed by atoms with E-state index in [4.69, 9.17) is 19.2 Å². The molecule has 0 heterocycles. The Balaban J connectivity index is -0.00000000381. The van der Waals surface area contributed by atoms with Gasteiger partial charge in [0, 0.05) is 0 Å². The Bertz CT molecular complexity index is 56.0. The first-order valence-electron chi connectivity index (χ1n) is 0.748. The molecule has 13 N–H and O–H groups in total. The third-order valence-corrected chi connectivity index (χ3v) is 0. The van der Waals surface area contributed by atoms with Crippen LogP contribution in [0.5, 0.6) is 0 Å². The second kappa shape index (κ2) is 29.9. The van der Waals surface area contributed by atoms with E-state index in [0.29, 0.717) is 0 Å². The minimum Gasteiger partial charge on any atom is -0.790 e. The third kappa shape index (κ3) is 2440. The van der Waals surface area contributed by atoms with Crippen molar-refractivity contribution in [3.8, 4) is 0 Å². The average Bonchev–Trinajstić information content (AvgIpc) is 0.722. The molecule has 0 saturated carbocycles. The van der Waals surface area contributed by atoms with Gasteiger partial charge in [-0.05, 0) is 0 Å². The van der Waals surface area contributed by atoms with Crippen LogP contribution in [0.2, 0.25) is 0 Å². The molecule has 12 heavy (non-hydrogen) atoms. The maximum atomic E-state index is 8.66. The molecule has 0 aromatic heterocycles. The molecule has 0 radical (unpaired) electrons. The molecular weight excluding hydrogens is 215 g/mol. The maximum absolute atomic E-state index is 8.66. The molecule has 80 valence electrons. The van der Waals surface area contributed by atoms with Crippen LogP contribution >= 0.6 is 7.82 Å². The summed E-state index contributed by atoms with van der Waals surface area (Å²) in [5.41, 5.74) is 0. The van der Waals surface area contributed by atoms with E-state index >= 15 is 0 Å². The Hall–Kier alpha value is 0.636. The van der Waals surface area contributed by atoms with Gasteiger partial charge >= 0.3 is 23.1 Å². The minimum atomic E-state index is -5.14. The fourth-order valence-corrected chi connectivity index (χ4v) is 0. The van der Waals surface area contributed by atoms with Crippen LogP contribution in [0.1, 0.15) is 0 Å². The molecular formula is H13MgO10P. The molecule has 0 unspecified atom stereocenters. The molecule has 0 fully saturated rings. The molecule has 0 aromatic rings. The fraction of sp³-hybridized carbons (Fsp3) is 0. The van der Waals surface area contributed by atoms with Crippen molar-refractivity contribution in [1.29, 1.82) is 0 Å². The van der Waals surface area contributed by atoms with Crippen molar-refractivity contribution >= 4 is 30.9 Å². The molecule has 0 atom stereocenters. The predicted molar refractivity (Wildman–Crippen MR) is 37.3 cm³/mol. The van der Waals surface area contributed by atoms with Gasteiger partial charge in [0.15, 0.2) is 0 Å². The van der Waals surface area contributed by atoms with Gasteiger partial charge in [0.2, 0.25) is 0 Å². The Morgan fingerprint density at radius 3 is 0.833 bits per heavy atom. The van der Waals surface area contributed by atoms with Gasteiger partial charge in [-0.3, -0.25) is 0 Å². The van der Waals surface area contributed by atoms with Crippen molar-refractivity contribution in [3.05, 3.63) is 0 Å². The van der Waals surface area contributed by atoms with E-state index in [-0.39, 0.29) is 55.9 Å². The van der Waals surface area contributed by atoms with Crippen LogP contribution in [0.25, 0.3) is 0 Å². The summed E-state index contributed by atoms with van der Waals surface area (Å²) < 4.78 is 8.66. The van der Waals surface area contributed by atoms with E-state index < -0.39 is 7.82 Å². The van der Waals surface area contributed by atoms with Crippen LogP contribution in [0.4, 0.5) is 0 Å². The number of rotatable bonds is 0. The molecule has 0 rings (SSSR count). The normalized spacial score (nSPS) is 4.92. The first-order valence-corrected chi connectivity index (χ1v) is 2.24. The molecule has 0 spiro atoms. The van der Waals surface area contributed by atoms with E-state index in [1.807, 2.05) is 0 Å². The van der Waals surface area contributed by atoms with Crippen LogP contribution in [0.3, 0.4) is 0 Å². The molecule has 0 aliphatic heterocycles. The van der Waals surface area contributed by atoms with E-state index in [2.05, 4.69) is 0 Å². The van der Waals surface area contributed by atoms with Gasteiger partial charge in [-0.25, -0.2) is 0 Å². The topological polar surface area (TPSA) is 272 Å². The molecule has 0 bridgehead atoms. The zero-order valence-corrected chi connectivity index (χ0v) is 8.13.